The molecule has 1 heterocycles. The smallest absolute Gasteiger partial charge is 0.273 e. The number of pyridine rings is 1. The van der Waals surface area contributed by atoms with E-state index in [4.69, 9.17) is 9.47 Å². The Morgan fingerprint density at radius 2 is 1.68 bits per heavy atom. The third-order valence-corrected chi connectivity index (χ3v) is 7.04. The van der Waals surface area contributed by atoms with Crippen LogP contribution in [0.1, 0.15) is 26.8 Å². The van der Waals surface area contributed by atoms with E-state index in [1.807, 2.05) is 18.2 Å². The van der Waals surface area contributed by atoms with Crippen molar-refractivity contribution in [3.8, 4) is 11.5 Å². The molecule has 0 aliphatic heterocycles. The summed E-state index contributed by atoms with van der Waals surface area (Å²) < 4.78 is 37.6. The maximum absolute atomic E-state index is 13.1. The predicted octanol–water partition coefficient (Wildman–Crippen LogP) is 4.40. The van der Waals surface area contributed by atoms with E-state index in [2.05, 4.69) is 4.98 Å². The van der Waals surface area contributed by atoms with Gasteiger partial charge in [0.1, 0.15) is 17.6 Å². The number of nitrogens with zero attached hydrogens (tertiary/aromatic N) is 1. The highest BCUT2D eigenvalue weighted by Gasteiger charge is 2.40. The first-order valence-corrected chi connectivity index (χ1v) is 11.9. The molecule has 3 rings (SSSR count). The number of benzene rings is 2. The average Bonchev–Trinajstić information content (AvgIpc) is 2.80. The van der Waals surface area contributed by atoms with Crippen LogP contribution in [0.5, 0.6) is 11.5 Å². The zero-order chi connectivity index (χ0) is 23.9. The van der Waals surface area contributed by atoms with Gasteiger partial charge in [-0.05, 0) is 48.0 Å². The van der Waals surface area contributed by atoms with Gasteiger partial charge in [-0.15, -0.1) is 0 Å². The number of nitrogens with one attached hydrogen (secondary N) is 1. The Bertz CT molecular complexity index is 1150. The van der Waals surface area contributed by atoms with Crippen molar-refractivity contribution in [2.45, 2.75) is 38.9 Å². The summed E-state index contributed by atoms with van der Waals surface area (Å²) in [5.41, 5.74) is 1.12. The molecule has 0 spiro atoms. The monoisotopic (exact) mass is 486 g/mol. The lowest BCUT2D eigenvalue weighted by atomic mass is 9.88. The normalized spacial score (nSPS) is 12.3. The van der Waals surface area contributed by atoms with Gasteiger partial charge in [0.25, 0.3) is 5.91 Å². The van der Waals surface area contributed by atoms with Crippen LogP contribution in [0.15, 0.2) is 84.0 Å². The van der Waals surface area contributed by atoms with Crippen LogP contribution in [0.4, 0.5) is 0 Å². The van der Waals surface area contributed by atoms with Crippen LogP contribution < -0.4 is 10.2 Å². The molecule has 0 saturated carbocycles. The molecule has 182 valence electrons. The Kier molecular flexibility index (Phi) is 9.31. The molecule has 0 bridgehead atoms. The quantitative estimate of drug-likeness (QED) is 0.322. The van der Waals surface area contributed by atoms with Gasteiger partial charge in [0.05, 0.1) is 17.3 Å². The molecule has 3 aromatic rings. The zero-order valence-electron chi connectivity index (χ0n) is 18.3. The fourth-order valence-electron chi connectivity index (χ4n) is 3.37. The van der Waals surface area contributed by atoms with E-state index in [1.54, 1.807) is 68.1 Å². The van der Waals surface area contributed by atoms with Crippen molar-refractivity contribution in [1.29, 1.82) is 0 Å². The zero-order valence-corrected chi connectivity index (χ0v) is 19.2. The molecule has 34 heavy (non-hydrogen) atoms. The third-order valence-electron chi connectivity index (χ3n) is 4.92. The van der Waals surface area contributed by atoms with Crippen molar-refractivity contribution in [2.75, 3.05) is 5.75 Å². The number of hydrogen-bond donors (Lipinski definition) is 2. The van der Waals surface area contributed by atoms with Crippen molar-refractivity contribution in [3.05, 3.63) is 84.7 Å². The number of aromatic nitrogens is 1. The molecule has 9 heteroatoms. The summed E-state index contributed by atoms with van der Waals surface area (Å²) in [6.07, 6.45) is 1.96. The van der Waals surface area contributed by atoms with Crippen molar-refractivity contribution in [3.63, 3.8) is 0 Å². The summed E-state index contributed by atoms with van der Waals surface area (Å²) in [5, 5.41) is 9.18. The fourth-order valence-corrected chi connectivity index (χ4v) is 5.21. The van der Waals surface area contributed by atoms with E-state index >= 15 is 0 Å². The number of para-hydroxylation sites is 1. The number of sulfone groups is 1. The largest absolute Gasteiger partial charge is 0.457 e. The van der Waals surface area contributed by atoms with E-state index in [0.29, 0.717) is 17.1 Å². The van der Waals surface area contributed by atoms with Crippen molar-refractivity contribution < 1.29 is 27.9 Å². The van der Waals surface area contributed by atoms with Gasteiger partial charge in [-0.3, -0.25) is 15.0 Å². The Balaban J connectivity index is 0.00000408. The molecule has 0 radical (unpaired) electrons. The minimum Gasteiger partial charge on any atom is -0.457 e. The summed E-state index contributed by atoms with van der Waals surface area (Å²) in [4.78, 5) is 16.4. The molecule has 0 fully saturated rings. The van der Waals surface area contributed by atoms with E-state index < -0.39 is 27.3 Å². The van der Waals surface area contributed by atoms with E-state index in [9.17, 15) is 18.4 Å². The van der Waals surface area contributed by atoms with Gasteiger partial charge < -0.3 is 9.47 Å². The summed E-state index contributed by atoms with van der Waals surface area (Å²) in [5.74, 6) is -0.0791. The van der Waals surface area contributed by atoms with Gasteiger partial charge in [-0.2, -0.15) is 0 Å². The van der Waals surface area contributed by atoms with Crippen LogP contribution in [-0.4, -0.2) is 36.4 Å². The van der Waals surface area contributed by atoms with Gasteiger partial charge in [0.15, 0.2) is 9.84 Å². The van der Waals surface area contributed by atoms with Gasteiger partial charge in [-0.1, -0.05) is 45.5 Å². The highest BCUT2D eigenvalue weighted by atomic mass is 32.2. The first kappa shape index (κ1) is 27.0. The van der Waals surface area contributed by atoms with E-state index in [1.165, 1.54) is 12.1 Å². The molecular weight excluding hydrogens is 456 g/mol. The van der Waals surface area contributed by atoms with Crippen LogP contribution in [0, 0.1) is 5.41 Å². The second-order valence-corrected chi connectivity index (χ2v) is 10.2. The number of amides is 1. The number of carbonyl (C=O) groups is 1. The Morgan fingerprint density at radius 1 is 1.03 bits per heavy atom. The van der Waals surface area contributed by atoms with Crippen LogP contribution in [-0.2, 0) is 26.0 Å². The summed E-state index contributed by atoms with van der Waals surface area (Å²) in [6, 6.07) is 18.7. The van der Waals surface area contributed by atoms with E-state index in [0.717, 1.165) is 0 Å². The van der Waals surface area contributed by atoms with Crippen LogP contribution in [0.25, 0.3) is 0 Å². The number of rotatable bonds is 10. The van der Waals surface area contributed by atoms with Crippen LogP contribution >= 0.6 is 0 Å². The van der Waals surface area contributed by atoms with Gasteiger partial charge in [-0.25, -0.2) is 13.9 Å². The van der Waals surface area contributed by atoms with E-state index in [-0.39, 0.29) is 24.7 Å². The van der Waals surface area contributed by atoms with Crippen molar-refractivity contribution in [1.82, 2.24) is 10.5 Å². The van der Waals surface area contributed by atoms with Crippen LogP contribution in [0.2, 0.25) is 0 Å². The summed E-state index contributed by atoms with van der Waals surface area (Å²) >= 11 is 0. The third kappa shape index (κ3) is 7.11. The van der Waals surface area contributed by atoms with Gasteiger partial charge in [0, 0.05) is 17.8 Å². The summed E-state index contributed by atoms with van der Waals surface area (Å²) in [7, 11) is -3.79. The predicted molar refractivity (Wildman–Crippen MR) is 128 cm³/mol. The number of ether oxygens (including phenoxy) is 2. The number of hydroxylamine groups is 1. The lowest BCUT2D eigenvalue weighted by molar-refractivity contribution is -0.149. The van der Waals surface area contributed by atoms with Gasteiger partial charge >= 0.3 is 0 Å². The number of carbonyl (C=O) groups excluding carboxylic acids is 1. The highest BCUT2D eigenvalue weighted by molar-refractivity contribution is 7.91. The average molecular weight is 487 g/mol. The first-order valence-electron chi connectivity index (χ1n) is 10.2. The Labute approximate surface area is 200 Å². The van der Waals surface area contributed by atoms with Crippen molar-refractivity contribution in [2.24, 2.45) is 5.41 Å². The SMILES string of the molecule is C.CC(C)(CS(=O)(=O)c1ccc(Oc2ccccc2)cc1)[C@H](OCc1cccnc1)C(=O)NO. The molecule has 0 saturated heterocycles. The molecule has 2 N–H and O–H groups in total. The maximum atomic E-state index is 13.1. The highest BCUT2D eigenvalue weighted by Crippen LogP contribution is 2.30. The lowest BCUT2D eigenvalue weighted by Gasteiger charge is -2.32. The molecule has 0 unspecified atom stereocenters. The standard InChI is InChI=1S/C24H26N2O6S.CH4/c1-24(2,22(23(27)26-28)31-16-18-7-6-14-25-15-18)17-33(29,30)21-12-10-20(11-13-21)32-19-8-4-3-5-9-19;/h3-15,22,28H,16-17H2,1-2H3,(H,26,27);1H4/t22-;/m1./s1. The number of hydrogen-bond acceptors (Lipinski definition) is 7. The second kappa shape index (κ2) is 11.7. The fraction of sp³-hybridized carbons (Fsp3) is 0.280. The molecule has 1 atom stereocenters. The molecule has 0 aliphatic rings. The lowest BCUT2D eigenvalue weighted by Crippen LogP contribution is -2.47. The maximum Gasteiger partial charge on any atom is 0.273 e. The second-order valence-electron chi connectivity index (χ2n) is 8.16. The topological polar surface area (TPSA) is 115 Å². The molecular formula is C25H30N2O6S. The minimum absolute atomic E-state index is 0. The molecule has 1 aromatic heterocycles. The van der Waals surface area contributed by atoms with Gasteiger partial charge in [0.2, 0.25) is 0 Å². The summed E-state index contributed by atoms with van der Waals surface area (Å²) in [6.45, 7) is 3.22. The minimum atomic E-state index is -3.79. The molecule has 2 aromatic carbocycles. The molecule has 8 nitrogen and oxygen atoms in total. The van der Waals surface area contributed by atoms with Crippen LogP contribution in [0.3, 0.4) is 0 Å². The molecule has 1 amide bonds. The Hall–Kier alpha value is -3.27. The first-order chi connectivity index (χ1) is 15.7. The Morgan fingerprint density at radius 3 is 2.26 bits per heavy atom. The molecule has 0 aliphatic carbocycles. The van der Waals surface area contributed by atoms with Crippen molar-refractivity contribution >= 4 is 15.7 Å².